The highest BCUT2D eigenvalue weighted by Gasteiger charge is 2.23. The Hall–Kier alpha value is -2.14. The molecule has 0 unspecified atom stereocenters. The highest BCUT2D eigenvalue weighted by atomic mass is 32.2. The standard InChI is InChI=1S/C16H17N3OS/c1-11-2-5-13(6-3-11)18-16(20)19-8-9-21-15-7-4-12(17)10-14(15)19/h2-7,10H,8-9,17H2,1H3,(H,18,20). The number of nitrogens with zero attached hydrogens (tertiary/aromatic N) is 1. The number of hydrogen-bond donors (Lipinski definition) is 2. The Bertz CT molecular complexity index is 670. The Morgan fingerprint density at radius 2 is 2.00 bits per heavy atom. The van der Waals surface area contributed by atoms with Gasteiger partial charge in [-0.1, -0.05) is 17.7 Å². The van der Waals surface area contributed by atoms with E-state index in [4.69, 9.17) is 5.73 Å². The summed E-state index contributed by atoms with van der Waals surface area (Å²) in [5.74, 6) is 0.887. The number of rotatable bonds is 1. The summed E-state index contributed by atoms with van der Waals surface area (Å²) in [6, 6.07) is 13.4. The van der Waals surface area contributed by atoms with Gasteiger partial charge in [-0.25, -0.2) is 4.79 Å². The van der Waals surface area contributed by atoms with Crippen LogP contribution in [-0.4, -0.2) is 18.3 Å². The Morgan fingerprint density at radius 3 is 2.76 bits per heavy atom. The van der Waals surface area contributed by atoms with Gasteiger partial charge in [-0.15, -0.1) is 11.8 Å². The van der Waals surface area contributed by atoms with Crippen LogP contribution in [0, 0.1) is 6.92 Å². The lowest BCUT2D eigenvalue weighted by atomic mass is 10.2. The molecule has 0 radical (unpaired) electrons. The second-order valence-corrected chi connectivity index (χ2v) is 6.16. The van der Waals surface area contributed by atoms with E-state index in [9.17, 15) is 4.79 Å². The molecule has 1 aliphatic heterocycles. The molecule has 5 heteroatoms. The third-order valence-electron chi connectivity index (χ3n) is 3.39. The molecule has 0 saturated carbocycles. The van der Waals surface area contributed by atoms with E-state index in [2.05, 4.69) is 5.32 Å². The van der Waals surface area contributed by atoms with Crippen molar-refractivity contribution in [3.8, 4) is 0 Å². The van der Waals surface area contributed by atoms with Crippen LogP contribution >= 0.6 is 11.8 Å². The predicted octanol–water partition coefficient (Wildman–Crippen LogP) is 3.72. The SMILES string of the molecule is Cc1ccc(NC(=O)N2CCSc3ccc(N)cc32)cc1. The van der Waals surface area contributed by atoms with Crippen molar-refractivity contribution in [3.05, 3.63) is 48.0 Å². The molecule has 1 aliphatic rings. The van der Waals surface area contributed by atoms with E-state index in [1.54, 1.807) is 16.7 Å². The lowest BCUT2D eigenvalue weighted by Crippen LogP contribution is -2.38. The van der Waals surface area contributed by atoms with Crippen molar-refractivity contribution < 1.29 is 4.79 Å². The molecule has 2 aromatic rings. The van der Waals surface area contributed by atoms with Gasteiger partial charge in [0.2, 0.25) is 0 Å². The van der Waals surface area contributed by atoms with Crippen LogP contribution in [0.25, 0.3) is 0 Å². The highest BCUT2D eigenvalue weighted by molar-refractivity contribution is 7.99. The summed E-state index contributed by atoms with van der Waals surface area (Å²) in [4.78, 5) is 15.3. The van der Waals surface area contributed by atoms with Crippen molar-refractivity contribution >= 4 is 34.9 Å². The fourth-order valence-electron chi connectivity index (χ4n) is 2.27. The topological polar surface area (TPSA) is 58.4 Å². The molecule has 0 atom stereocenters. The van der Waals surface area contributed by atoms with Gasteiger partial charge in [-0.2, -0.15) is 0 Å². The molecule has 0 fully saturated rings. The molecule has 1 heterocycles. The molecule has 108 valence electrons. The Morgan fingerprint density at radius 1 is 1.24 bits per heavy atom. The number of thioether (sulfide) groups is 1. The van der Waals surface area contributed by atoms with Gasteiger partial charge < -0.3 is 11.1 Å². The van der Waals surface area contributed by atoms with Crippen LogP contribution in [0.15, 0.2) is 47.4 Å². The van der Waals surface area contributed by atoms with Crippen molar-refractivity contribution in [1.29, 1.82) is 0 Å². The molecular weight excluding hydrogens is 282 g/mol. The van der Waals surface area contributed by atoms with Crippen molar-refractivity contribution in [1.82, 2.24) is 0 Å². The van der Waals surface area contributed by atoms with Gasteiger partial charge >= 0.3 is 6.03 Å². The number of nitrogens with two attached hydrogens (primary N) is 1. The van der Waals surface area contributed by atoms with Crippen molar-refractivity contribution in [3.63, 3.8) is 0 Å². The first-order valence-corrected chi connectivity index (χ1v) is 7.79. The summed E-state index contributed by atoms with van der Waals surface area (Å²) < 4.78 is 0. The van der Waals surface area contributed by atoms with Gasteiger partial charge in [-0.3, -0.25) is 4.90 Å². The van der Waals surface area contributed by atoms with Gasteiger partial charge in [0, 0.05) is 28.6 Å². The fraction of sp³-hybridized carbons (Fsp3) is 0.188. The number of anilines is 3. The number of urea groups is 1. The minimum Gasteiger partial charge on any atom is -0.399 e. The van der Waals surface area contributed by atoms with E-state index in [-0.39, 0.29) is 6.03 Å². The summed E-state index contributed by atoms with van der Waals surface area (Å²) in [6.45, 7) is 2.70. The first kappa shape index (κ1) is 13.8. The summed E-state index contributed by atoms with van der Waals surface area (Å²) in [5, 5.41) is 2.94. The maximum Gasteiger partial charge on any atom is 0.326 e. The zero-order valence-electron chi connectivity index (χ0n) is 11.8. The minimum atomic E-state index is -0.119. The van der Waals surface area contributed by atoms with Gasteiger partial charge in [0.15, 0.2) is 0 Å². The van der Waals surface area contributed by atoms with Gasteiger partial charge in [0.05, 0.1) is 5.69 Å². The number of aryl methyl sites for hydroxylation is 1. The number of carbonyl (C=O) groups excluding carboxylic acids is 1. The van der Waals surface area contributed by atoms with Crippen LogP contribution in [0.4, 0.5) is 21.9 Å². The number of fused-ring (bicyclic) bond motifs is 1. The first-order valence-electron chi connectivity index (χ1n) is 6.81. The summed E-state index contributed by atoms with van der Waals surface area (Å²) in [5.41, 5.74) is 9.37. The van der Waals surface area contributed by atoms with E-state index in [1.165, 1.54) is 5.56 Å². The zero-order chi connectivity index (χ0) is 14.8. The van der Waals surface area contributed by atoms with Crippen LogP contribution in [0.5, 0.6) is 0 Å². The molecule has 2 aromatic carbocycles. The minimum absolute atomic E-state index is 0.119. The third kappa shape index (κ3) is 2.97. The van der Waals surface area contributed by atoms with E-state index >= 15 is 0 Å². The molecule has 0 aliphatic carbocycles. The molecule has 3 N–H and O–H groups in total. The number of amides is 2. The number of nitrogens with one attached hydrogen (secondary N) is 1. The molecule has 0 aromatic heterocycles. The molecule has 4 nitrogen and oxygen atoms in total. The molecular formula is C16H17N3OS. The zero-order valence-corrected chi connectivity index (χ0v) is 12.6. The van der Waals surface area contributed by atoms with E-state index in [1.807, 2.05) is 49.4 Å². The predicted molar refractivity (Wildman–Crippen MR) is 89.1 cm³/mol. The molecule has 0 spiro atoms. The van der Waals surface area contributed by atoms with E-state index in [0.717, 1.165) is 22.0 Å². The van der Waals surface area contributed by atoms with Crippen molar-refractivity contribution in [2.24, 2.45) is 0 Å². The molecule has 2 amide bonds. The normalized spacial score (nSPS) is 13.7. The fourth-order valence-corrected chi connectivity index (χ4v) is 3.25. The number of nitrogen functional groups attached to an aromatic ring is 1. The van der Waals surface area contributed by atoms with Gasteiger partial charge in [0.25, 0.3) is 0 Å². The third-order valence-corrected chi connectivity index (χ3v) is 4.44. The van der Waals surface area contributed by atoms with Crippen molar-refractivity contribution in [2.45, 2.75) is 11.8 Å². The van der Waals surface area contributed by atoms with Crippen LogP contribution in [0.3, 0.4) is 0 Å². The second-order valence-electron chi connectivity index (χ2n) is 5.02. The molecule has 3 rings (SSSR count). The maximum absolute atomic E-state index is 12.5. The van der Waals surface area contributed by atoms with Crippen molar-refractivity contribution in [2.75, 3.05) is 28.2 Å². The molecule has 0 bridgehead atoms. The first-order chi connectivity index (χ1) is 10.1. The number of carbonyl (C=O) groups is 1. The lowest BCUT2D eigenvalue weighted by molar-refractivity contribution is 0.257. The van der Waals surface area contributed by atoms with E-state index in [0.29, 0.717) is 12.2 Å². The quantitative estimate of drug-likeness (QED) is 0.789. The smallest absolute Gasteiger partial charge is 0.326 e. The summed E-state index contributed by atoms with van der Waals surface area (Å²) >= 11 is 1.75. The number of hydrogen-bond acceptors (Lipinski definition) is 3. The van der Waals surface area contributed by atoms with Gasteiger partial charge in [-0.05, 0) is 37.3 Å². The monoisotopic (exact) mass is 299 g/mol. The molecule has 21 heavy (non-hydrogen) atoms. The van der Waals surface area contributed by atoms with Crippen LogP contribution in [-0.2, 0) is 0 Å². The highest BCUT2D eigenvalue weighted by Crippen LogP contribution is 2.36. The van der Waals surface area contributed by atoms with Crippen LogP contribution in [0.2, 0.25) is 0 Å². The summed E-state index contributed by atoms with van der Waals surface area (Å²) in [6.07, 6.45) is 0. The largest absolute Gasteiger partial charge is 0.399 e. The average molecular weight is 299 g/mol. The Balaban J connectivity index is 1.83. The van der Waals surface area contributed by atoms with E-state index < -0.39 is 0 Å². The Kier molecular flexibility index (Phi) is 3.75. The summed E-state index contributed by atoms with van der Waals surface area (Å²) in [7, 11) is 0. The molecule has 0 saturated heterocycles. The Labute approximate surface area is 128 Å². The maximum atomic E-state index is 12.5. The van der Waals surface area contributed by atoms with Gasteiger partial charge in [0.1, 0.15) is 0 Å². The average Bonchev–Trinajstić information content (AvgIpc) is 2.49. The second kappa shape index (κ2) is 5.69. The number of benzene rings is 2. The van der Waals surface area contributed by atoms with Crippen LogP contribution < -0.4 is 16.0 Å². The van der Waals surface area contributed by atoms with Crippen LogP contribution in [0.1, 0.15) is 5.56 Å². The lowest BCUT2D eigenvalue weighted by Gasteiger charge is -2.29.